The second-order valence-corrected chi connectivity index (χ2v) is 6.76. The van der Waals surface area contributed by atoms with Crippen LogP contribution in [0.1, 0.15) is 32.3 Å². The second kappa shape index (κ2) is 6.60. The number of anilines is 1. The van der Waals surface area contributed by atoms with Gasteiger partial charge >= 0.3 is 6.03 Å². The molecular formula is C18H25N3O2. The Labute approximate surface area is 137 Å². The maximum atomic E-state index is 12.9. The van der Waals surface area contributed by atoms with Crippen molar-refractivity contribution < 1.29 is 9.59 Å². The van der Waals surface area contributed by atoms with Crippen LogP contribution in [0.15, 0.2) is 24.3 Å². The smallest absolute Gasteiger partial charge is 0.317 e. The summed E-state index contributed by atoms with van der Waals surface area (Å²) in [5, 5.41) is 2.92. The molecule has 1 unspecified atom stereocenters. The topological polar surface area (TPSA) is 52.7 Å². The molecule has 1 aromatic carbocycles. The molecule has 1 N–H and O–H groups in total. The van der Waals surface area contributed by atoms with E-state index in [2.05, 4.69) is 11.4 Å². The van der Waals surface area contributed by atoms with E-state index in [0.717, 1.165) is 38.0 Å². The SMILES string of the molecule is CC(C)NC(=O)N1CCCC(C(=O)N2CCc3ccccc32)C1. The maximum absolute atomic E-state index is 12.9. The van der Waals surface area contributed by atoms with Crippen molar-refractivity contribution in [3.05, 3.63) is 29.8 Å². The number of nitrogens with one attached hydrogen (secondary N) is 1. The molecule has 0 bridgehead atoms. The Morgan fingerprint density at radius 1 is 1.22 bits per heavy atom. The minimum Gasteiger partial charge on any atom is -0.336 e. The lowest BCUT2D eigenvalue weighted by molar-refractivity contribution is -0.123. The quantitative estimate of drug-likeness (QED) is 0.911. The number of likely N-dealkylation sites (tertiary alicyclic amines) is 1. The van der Waals surface area contributed by atoms with E-state index in [9.17, 15) is 9.59 Å². The van der Waals surface area contributed by atoms with E-state index in [1.165, 1.54) is 5.56 Å². The molecule has 0 aromatic heterocycles. The highest BCUT2D eigenvalue weighted by molar-refractivity contribution is 5.97. The number of urea groups is 1. The van der Waals surface area contributed by atoms with Crippen molar-refractivity contribution in [2.75, 3.05) is 24.5 Å². The van der Waals surface area contributed by atoms with Crippen LogP contribution in [0.3, 0.4) is 0 Å². The molecule has 124 valence electrons. The van der Waals surface area contributed by atoms with Crippen LogP contribution in [0.2, 0.25) is 0 Å². The number of carbonyl (C=O) groups is 2. The minimum atomic E-state index is -0.0900. The number of nitrogens with zero attached hydrogens (tertiary/aromatic N) is 2. The van der Waals surface area contributed by atoms with Crippen molar-refractivity contribution in [2.45, 2.75) is 39.2 Å². The molecule has 23 heavy (non-hydrogen) atoms. The molecule has 1 aromatic rings. The number of para-hydroxylation sites is 1. The van der Waals surface area contributed by atoms with Crippen molar-refractivity contribution in [3.8, 4) is 0 Å². The van der Waals surface area contributed by atoms with Crippen LogP contribution in [0.5, 0.6) is 0 Å². The summed E-state index contributed by atoms with van der Waals surface area (Å²) in [5.74, 6) is 0.0739. The Bertz CT molecular complexity index is 600. The van der Waals surface area contributed by atoms with Crippen LogP contribution < -0.4 is 10.2 Å². The van der Waals surface area contributed by atoms with Crippen LogP contribution >= 0.6 is 0 Å². The summed E-state index contributed by atoms with van der Waals surface area (Å²) in [6.07, 6.45) is 2.67. The van der Waals surface area contributed by atoms with Crippen molar-refractivity contribution in [1.29, 1.82) is 0 Å². The fraction of sp³-hybridized carbons (Fsp3) is 0.556. The zero-order valence-corrected chi connectivity index (χ0v) is 13.9. The van der Waals surface area contributed by atoms with Crippen LogP contribution in [0, 0.1) is 5.92 Å². The largest absolute Gasteiger partial charge is 0.336 e. The van der Waals surface area contributed by atoms with Gasteiger partial charge in [0.15, 0.2) is 0 Å². The Morgan fingerprint density at radius 2 is 2.00 bits per heavy atom. The van der Waals surface area contributed by atoms with E-state index in [-0.39, 0.29) is 23.9 Å². The molecule has 2 heterocycles. The van der Waals surface area contributed by atoms with Gasteiger partial charge in [-0.15, -0.1) is 0 Å². The number of hydrogen-bond acceptors (Lipinski definition) is 2. The third-order valence-corrected chi connectivity index (χ3v) is 4.62. The molecule has 5 heteroatoms. The van der Waals surface area contributed by atoms with E-state index in [1.54, 1.807) is 4.90 Å². The van der Waals surface area contributed by atoms with Gasteiger partial charge in [-0.2, -0.15) is 0 Å². The van der Waals surface area contributed by atoms with Gasteiger partial charge < -0.3 is 15.1 Å². The van der Waals surface area contributed by atoms with E-state index < -0.39 is 0 Å². The van der Waals surface area contributed by atoms with E-state index >= 15 is 0 Å². The summed E-state index contributed by atoms with van der Waals surface area (Å²) in [6.45, 7) is 5.92. The average Bonchev–Trinajstić information content (AvgIpc) is 2.97. The van der Waals surface area contributed by atoms with E-state index in [0.29, 0.717) is 6.54 Å². The van der Waals surface area contributed by atoms with Crippen molar-refractivity contribution in [3.63, 3.8) is 0 Å². The Hall–Kier alpha value is -2.04. The molecule has 2 aliphatic rings. The standard InChI is InChI=1S/C18H25N3O2/c1-13(2)19-18(23)20-10-5-7-15(12-20)17(22)21-11-9-14-6-3-4-8-16(14)21/h3-4,6,8,13,15H,5,7,9-12H2,1-2H3,(H,19,23). The molecule has 1 saturated heterocycles. The molecule has 3 rings (SSSR count). The molecular weight excluding hydrogens is 290 g/mol. The third kappa shape index (κ3) is 3.33. The predicted molar refractivity (Wildman–Crippen MR) is 90.5 cm³/mol. The highest BCUT2D eigenvalue weighted by Crippen LogP contribution is 2.30. The molecule has 0 spiro atoms. The van der Waals surface area contributed by atoms with Crippen molar-refractivity contribution in [1.82, 2.24) is 10.2 Å². The zero-order valence-electron chi connectivity index (χ0n) is 13.9. The minimum absolute atomic E-state index is 0.0562. The van der Waals surface area contributed by atoms with Gasteiger partial charge in [-0.25, -0.2) is 4.79 Å². The summed E-state index contributed by atoms with van der Waals surface area (Å²) in [7, 11) is 0. The number of amides is 3. The summed E-state index contributed by atoms with van der Waals surface area (Å²) < 4.78 is 0. The van der Waals surface area contributed by atoms with Gasteiger partial charge in [0.1, 0.15) is 0 Å². The van der Waals surface area contributed by atoms with Gasteiger partial charge in [-0.1, -0.05) is 18.2 Å². The first kappa shape index (κ1) is 15.8. The molecule has 0 radical (unpaired) electrons. The fourth-order valence-corrected chi connectivity index (χ4v) is 3.49. The average molecular weight is 315 g/mol. The molecule has 5 nitrogen and oxygen atoms in total. The van der Waals surface area contributed by atoms with Crippen LogP contribution in [-0.2, 0) is 11.2 Å². The third-order valence-electron chi connectivity index (χ3n) is 4.62. The van der Waals surface area contributed by atoms with Gasteiger partial charge in [0.25, 0.3) is 0 Å². The first-order valence-corrected chi connectivity index (χ1v) is 8.51. The molecule has 0 aliphatic carbocycles. The molecule has 1 fully saturated rings. The fourth-order valence-electron chi connectivity index (χ4n) is 3.49. The number of carbonyl (C=O) groups excluding carboxylic acids is 2. The van der Waals surface area contributed by atoms with Crippen LogP contribution in [-0.4, -0.2) is 42.5 Å². The molecule has 2 aliphatic heterocycles. The van der Waals surface area contributed by atoms with Crippen LogP contribution in [0.25, 0.3) is 0 Å². The first-order chi connectivity index (χ1) is 11.1. The summed E-state index contributed by atoms with van der Waals surface area (Å²) >= 11 is 0. The number of hydrogen-bond donors (Lipinski definition) is 1. The van der Waals surface area contributed by atoms with E-state index in [1.807, 2.05) is 36.9 Å². The Balaban J connectivity index is 1.67. The van der Waals surface area contributed by atoms with Gasteiger partial charge in [0.05, 0.1) is 5.92 Å². The lowest BCUT2D eigenvalue weighted by atomic mass is 9.96. The van der Waals surface area contributed by atoms with Gasteiger partial charge in [0, 0.05) is 31.4 Å². The number of benzene rings is 1. The zero-order chi connectivity index (χ0) is 16.4. The normalized spacial score (nSPS) is 20.6. The predicted octanol–water partition coefficient (Wildman–Crippen LogP) is 2.41. The number of fused-ring (bicyclic) bond motifs is 1. The highest BCUT2D eigenvalue weighted by Gasteiger charge is 2.34. The van der Waals surface area contributed by atoms with Crippen molar-refractivity contribution >= 4 is 17.6 Å². The molecule has 1 atom stereocenters. The molecule has 3 amide bonds. The van der Waals surface area contributed by atoms with Gasteiger partial charge in [-0.3, -0.25) is 4.79 Å². The lowest BCUT2D eigenvalue weighted by Gasteiger charge is -2.34. The van der Waals surface area contributed by atoms with Gasteiger partial charge in [0.2, 0.25) is 5.91 Å². The summed E-state index contributed by atoms with van der Waals surface area (Å²) in [5.41, 5.74) is 2.28. The monoisotopic (exact) mass is 315 g/mol. The Kier molecular flexibility index (Phi) is 4.55. The summed E-state index contributed by atoms with van der Waals surface area (Å²) in [4.78, 5) is 28.8. The lowest BCUT2D eigenvalue weighted by Crippen LogP contribution is -2.50. The van der Waals surface area contributed by atoms with Crippen molar-refractivity contribution in [2.24, 2.45) is 5.92 Å². The summed E-state index contributed by atoms with van der Waals surface area (Å²) in [6, 6.07) is 8.17. The highest BCUT2D eigenvalue weighted by atomic mass is 16.2. The first-order valence-electron chi connectivity index (χ1n) is 8.51. The van der Waals surface area contributed by atoms with E-state index in [4.69, 9.17) is 0 Å². The maximum Gasteiger partial charge on any atom is 0.317 e. The number of rotatable bonds is 2. The molecule has 0 saturated carbocycles. The second-order valence-electron chi connectivity index (χ2n) is 6.76. The number of piperidine rings is 1. The van der Waals surface area contributed by atoms with Gasteiger partial charge in [-0.05, 0) is 44.7 Å². The Morgan fingerprint density at radius 3 is 2.78 bits per heavy atom. The van der Waals surface area contributed by atoms with Crippen LogP contribution in [0.4, 0.5) is 10.5 Å².